The van der Waals surface area contributed by atoms with Gasteiger partial charge in [-0.05, 0) is 31.2 Å². The molecule has 0 aromatic heterocycles. The van der Waals surface area contributed by atoms with Gasteiger partial charge in [0.25, 0.3) is 0 Å². The molecule has 1 saturated heterocycles. The zero-order valence-electron chi connectivity index (χ0n) is 15.3. The molecule has 2 aliphatic rings. The van der Waals surface area contributed by atoms with Crippen LogP contribution in [-0.2, 0) is 14.3 Å². The van der Waals surface area contributed by atoms with Crippen LogP contribution in [0.5, 0.6) is 5.75 Å². The second kappa shape index (κ2) is 7.31. The lowest BCUT2D eigenvalue weighted by atomic mass is 10.1. The Morgan fingerprint density at radius 2 is 1.86 bits per heavy atom. The van der Waals surface area contributed by atoms with Gasteiger partial charge in [-0.15, -0.1) is 0 Å². The fraction of sp³-hybridized carbons (Fsp3) is 0.286. The molecular formula is C21H19NO5S. The van der Waals surface area contributed by atoms with E-state index in [9.17, 15) is 14.4 Å². The Morgan fingerprint density at radius 3 is 2.68 bits per heavy atom. The summed E-state index contributed by atoms with van der Waals surface area (Å²) in [6.45, 7) is 1.63. The van der Waals surface area contributed by atoms with Gasteiger partial charge in [0.05, 0.1) is 11.3 Å². The third kappa shape index (κ3) is 3.05. The summed E-state index contributed by atoms with van der Waals surface area (Å²) < 4.78 is 11.1. The van der Waals surface area contributed by atoms with Crippen LogP contribution < -0.4 is 9.64 Å². The average Bonchev–Trinajstić information content (AvgIpc) is 3.21. The smallest absolute Gasteiger partial charge is 0.343 e. The minimum Gasteiger partial charge on any atom is -0.489 e. The van der Waals surface area contributed by atoms with Crippen molar-refractivity contribution in [2.24, 2.45) is 0 Å². The number of anilines is 1. The van der Waals surface area contributed by atoms with E-state index >= 15 is 0 Å². The standard InChI is InChI=1S/C21H19NO5S/c1-14(23)15-6-2-4-8-17(15)26-12-13-27-20(25)21-11-10-19(24)22(21)16-7-3-5-9-18(16)28-21/h2-9H,10-13H2,1H3/t21-/m1/s1. The highest BCUT2D eigenvalue weighted by Gasteiger charge is 2.58. The van der Waals surface area contributed by atoms with Gasteiger partial charge >= 0.3 is 5.97 Å². The fourth-order valence-corrected chi connectivity index (χ4v) is 4.97. The summed E-state index contributed by atoms with van der Waals surface area (Å²) in [7, 11) is 0. The van der Waals surface area contributed by atoms with Crippen molar-refractivity contribution in [1.29, 1.82) is 0 Å². The number of carbonyl (C=O) groups is 3. The summed E-state index contributed by atoms with van der Waals surface area (Å²) >= 11 is 1.37. The van der Waals surface area contributed by atoms with Crippen LogP contribution in [0, 0.1) is 0 Å². The molecule has 4 rings (SSSR count). The van der Waals surface area contributed by atoms with Crippen molar-refractivity contribution in [2.45, 2.75) is 29.5 Å². The molecule has 0 unspecified atom stereocenters. The number of carbonyl (C=O) groups excluding carboxylic acids is 3. The van der Waals surface area contributed by atoms with Gasteiger partial charge in [0, 0.05) is 17.7 Å². The lowest BCUT2D eigenvalue weighted by molar-refractivity contribution is -0.147. The molecular weight excluding hydrogens is 378 g/mol. The molecule has 0 N–H and O–H groups in total. The maximum absolute atomic E-state index is 12.9. The Labute approximate surface area is 166 Å². The van der Waals surface area contributed by atoms with Crippen molar-refractivity contribution in [2.75, 3.05) is 18.1 Å². The molecule has 0 bridgehead atoms. The van der Waals surface area contributed by atoms with E-state index in [1.54, 1.807) is 29.2 Å². The minimum atomic E-state index is -1.03. The van der Waals surface area contributed by atoms with E-state index in [0.717, 1.165) is 10.6 Å². The van der Waals surface area contributed by atoms with Gasteiger partial charge in [0.2, 0.25) is 5.91 Å². The predicted octanol–water partition coefficient (Wildman–Crippen LogP) is 3.44. The molecule has 6 nitrogen and oxygen atoms in total. The van der Waals surface area contributed by atoms with Crippen molar-refractivity contribution in [3.63, 3.8) is 0 Å². The summed E-state index contributed by atoms with van der Waals surface area (Å²) in [6, 6.07) is 14.4. The largest absolute Gasteiger partial charge is 0.489 e. The normalized spacial score (nSPS) is 19.9. The van der Waals surface area contributed by atoms with Crippen LogP contribution in [-0.4, -0.2) is 35.7 Å². The molecule has 28 heavy (non-hydrogen) atoms. The van der Waals surface area contributed by atoms with Crippen LogP contribution in [0.25, 0.3) is 0 Å². The number of ketones is 1. The second-order valence-corrected chi connectivity index (χ2v) is 7.94. The summed E-state index contributed by atoms with van der Waals surface area (Å²) in [6.07, 6.45) is 0.733. The highest BCUT2D eigenvalue weighted by molar-refractivity contribution is 8.02. The van der Waals surface area contributed by atoms with E-state index in [-0.39, 0.29) is 24.9 Å². The summed E-state index contributed by atoms with van der Waals surface area (Å²) in [4.78, 5) is 38.4. The van der Waals surface area contributed by atoms with E-state index in [4.69, 9.17) is 9.47 Å². The van der Waals surface area contributed by atoms with E-state index < -0.39 is 10.8 Å². The molecule has 0 spiro atoms. The minimum absolute atomic E-state index is 0.0335. The first kappa shape index (κ1) is 18.6. The Morgan fingerprint density at radius 1 is 1.11 bits per heavy atom. The van der Waals surface area contributed by atoms with Crippen LogP contribution >= 0.6 is 11.8 Å². The molecule has 1 fully saturated rings. The number of hydrogen-bond donors (Lipinski definition) is 0. The number of esters is 1. The maximum Gasteiger partial charge on any atom is 0.343 e. The summed E-state index contributed by atoms with van der Waals surface area (Å²) in [5.74, 6) is -0.139. The molecule has 2 heterocycles. The number of para-hydroxylation sites is 2. The van der Waals surface area contributed by atoms with Crippen LogP contribution in [0.4, 0.5) is 5.69 Å². The van der Waals surface area contributed by atoms with Crippen LogP contribution in [0.2, 0.25) is 0 Å². The quantitative estimate of drug-likeness (QED) is 0.422. The Kier molecular flexibility index (Phi) is 4.85. The van der Waals surface area contributed by atoms with E-state index in [0.29, 0.717) is 24.2 Å². The van der Waals surface area contributed by atoms with Gasteiger partial charge in [-0.3, -0.25) is 14.5 Å². The van der Waals surface area contributed by atoms with Crippen molar-refractivity contribution < 1.29 is 23.9 Å². The summed E-state index contributed by atoms with van der Waals surface area (Å²) in [5, 5.41) is 0. The van der Waals surface area contributed by atoms with Gasteiger partial charge in [-0.1, -0.05) is 36.0 Å². The molecule has 2 aromatic rings. The van der Waals surface area contributed by atoms with Gasteiger partial charge in [-0.25, -0.2) is 4.79 Å². The fourth-order valence-electron chi connectivity index (χ4n) is 3.55. The highest BCUT2D eigenvalue weighted by atomic mass is 32.2. The molecule has 1 amide bonds. The van der Waals surface area contributed by atoms with Crippen molar-refractivity contribution in [1.82, 2.24) is 0 Å². The van der Waals surface area contributed by atoms with Gasteiger partial charge in [-0.2, -0.15) is 0 Å². The number of amides is 1. The van der Waals surface area contributed by atoms with Gasteiger partial charge in [0.1, 0.15) is 19.0 Å². The second-order valence-electron chi connectivity index (χ2n) is 6.62. The van der Waals surface area contributed by atoms with E-state index in [1.165, 1.54) is 18.7 Å². The highest BCUT2D eigenvalue weighted by Crippen LogP contribution is 2.56. The number of thioether (sulfide) groups is 1. The van der Waals surface area contributed by atoms with Gasteiger partial charge in [0.15, 0.2) is 10.7 Å². The SMILES string of the molecule is CC(=O)c1ccccc1OCCOC(=O)[C@]12CCC(=O)N1c1ccccc1S2. The molecule has 0 saturated carbocycles. The molecule has 2 aliphatic heterocycles. The van der Waals surface area contributed by atoms with Crippen molar-refractivity contribution in [3.8, 4) is 5.75 Å². The zero-order chi connectivity index (χ0) is 19.7. The number of Topliss-reactive ketones (excluding diaryl/α,β-unsaturated/α-hetero) is 1. The van der Waals surface area contributed by atoms with Crippen molar-refractivity contribution >= 4 is 35.1 Å². The predicted molar refractivity (Wildman–Crippen MR) is 105 cm³/mol. The average molecular weight is 397 g/mol. The first-order chi connectivity index (χ1) is 13.5. The van der Waals surface area contributed by atoms with Crippen LogP contribution in [0.1, 0.15) is 30.1 Å². The Balaban J connectivity index is 1.41. The topological polar surface area (TPSA) is 72.9 Å². The number of rotatable bonds is 6. The lowest BCUT2D eigenvalue weighted by Gasteiger charge is -2.28. The lowest BCUT2D eigenvalue weighted by Crippen LogP contribution is -2.48. The van der Waals surface area contributed by atoms with Crippen LogP contribution in [0.3, 0.4) is 0 Å². The number of ether oxygens (including phenoxy) is 2. The molecule has 7 heteroatoms. The number of fused-ring (bicyclic) bond motifs is 3. The molecule has 1 atom stereocenters. The molecule has 2 aromatic carbocycles. The first-order valence-corrected chi connectivity index (χ1v) is 9.86. The Bertz CT molecular complexity index is 959. The third-order valence-electron chi connectivity index (χ3n) is 4.83. The monoisotopic (exact) mass is 397 g/mol. The first-order valence-electron chi connectivity index (χ1n) is 9.04. The molecule has 144 valence electrons. The van der Waals surface area contributed by atoms with Crippen LogP contribution in [0.15, 0.2) is 53.4 Å². The van der Waals surface area contributed by atoms with Gasteiger partial charge < -0.3 is 9.47 Å². The number of benzene rings is 2. The van der Waals surface area contributed by atoms with Crippen molar-refractivity contribution in [3.05, 3.63) is 54.1 Å². The molecule has 0 radical (unpaired) electrons. The summed E-state index contributed by atoms with van der Waals surface area (Å²) in [5.41, 5.74) is 1.25. The van der Waals surface area contributed by atoms with E-state index in [1.807, 2.05) is 24.3 Å². The number of nitrogens with zero attached hydrogens (tertiary/aromatic N) is 1. The maximum atomic E-state index is 12.9. The Hall–Kier alpha value is -2.80. The van der Waals surface area contributed by atoms with E-state index in [2.05, 4.69) is 0 Å². The number of hydrogen-bond acceptors (Lipinski definition) is 6. The molecule has 0 aliphatic carbocycles. The third-order valence-corrected chi connectivity index (χ3v) is 6.29. The zero-order valence-corrected chi connectivity index (χ0v) is 16.2.